The van der Waals surface area contributed by atoms with Gasteiger partial charge in [-0.15, -0.1) is 0 Å². The molecule has 6 nitrogen and oxygen atoms in total. The number of carbonyl (C=O) groups is 2. The number of aliphatic hydroxyl groups is 1. The van der Waals surface area contributed by atoms with Crippen LogP contribution in [-0.4, -0.2) is 66.2 Å². The van der Waals surface area contributed by atoms with Crippen molar-refractivity contribution in [3.8, 4) is 0 Å². The fraction of sp³-hybridized carbons (Fsp3) is 0.857. The van der Waals surface area contributed by atoms with E-state index in [1.807, 2.05) is 6.92 Å². The number of nitrogens with zero attached hydrogens (tertiary/aromatic N) is 2. The smallest absolute Gasteiger partial charge is 0.319 e. The summed E-state index contributed by atoms with van der Waals surface area (Å²) in [6, 6.07) is -0.0527. The van der Waals surface area contributed by atoms with Gasteiger partial charge in [-0.05, 0) is 26.2 Å². The molecule has 0 aromatic heterocycles. The fourth-order valence-electron chi connectivity index (χ4n) is 2.19. The third kappa shape index (κ3) is 4.67. The summed E-state index contributed by atoms with van der Waals surface area (Å²) < 4.78 is 0. The lowest BCUT2D eigenvalue weighted by Gasteiger charge is -2.34. The number of piperidine rings is 1. The molecule has 0 aromatic rings. The maximum Gasteiger partial charge on any atom is 0.319 e. The Bertz CT molecular complexity index is 356. The summed E-state index contributed by atoms with van der Waals surface area (Å²) in [5.41, 5.74) is -0.872. The topological polar surface area (TPSA) is 72.9 Å². The maximum absolute atomic E-state index is 12.1. The van der Waals surface area contributed by atoms with E-state index in [4.69, 9.17) is 0 Å². The van der Waals surface area contributed by atoms with E-state index < -0.39 is 5.60 Å². The van der Waals surface area contributed by atoms with Gasteiger partial charge in [-0.2, -0.15) is 0 Å². The molecule has 2 unspecified atom stereocenters. The lowest BCUT2D eigenvalue weighted by Crippen LogP contribution is -2.50. The summed E-state index contributed by atoms with van der Waals surface area (Å²) in [7, 11) is 3.43. The van der Waals surface area contributed by atoms with Crippen molar-refractivity contribution < 1.29 is 14.7 Å². The molecule has 116 valence electrons. The van der Waals surface area contributed by atoms with Gasteiger partial charge in [0.05, 0.1) is 11.5 Å². The zero-order valence-corrected chi connectivity index (χ0v) is 13.0. The van der Waals surface area contributed by atoms with Crippen LogP contribution in [0.4, 0.5) is 4.79 Å². The van der Waals surface area contributed by atoms with E-state index in [0.29, 0.717) is 19.5 Å². The minimum absolute atomic E-state index is 0.0527. The number of urea groups is 1. The van der Waals surface area contributed by atoms with Gasteiger partial charge in [-0.1, -0.05) is 6.92 Å². The van der Waals surface area contributed by atoms with Crippen LogP contribution in [-0.2, 0) is 4.79 Å². The summed E-state index contributed by atoms with van der Waals surface area (Å²) in [5.74, 6) is -0.254. The molecule has 1 aliphatic heterocycles. The van der Waals surface area contributed by atoms with Crippen molar-refractivity contribution in [3.63, 3.8) is 0 Å². The van der Waals surface area contributed by atoms with Gasteiger partial charge in [0.2, 0.25) is 5.91 Å². The Morgan fingerprint density at radius 2 is 2.10 bits per heavy atom. The van der Waals surface area contributed by atoms with Crippen LogP contribution >= 0.6 is 0 Å². The molecule has 20 heavy (non-hydrogen) atoms. The number of amides is 3. The van der Waals surface area contributed by atoms with Crippen molar-refractivity contribution in [2.24, 2.45) is 5.92 Å². The highest BCUT2D eigenvalue weighted by atomic mass is 16.3. The molecule has 2 atom stereocenters. The maximum atomic E-state index is 12.1. The number of likely N-dealkylation sites (tertiary alicyclic amines) is 1. The first-order chi connectivity index (χ1) is 9.26. The second kappa shape index (κ2) is 6.92. The lowest BCUT2D eigenvalue weighted by molar-refractivity contribution is -0.127. The standard InChI is InChI=1S/C14H27N3O3/c1-5-14(2,20)10-15-12(18)11-7-6-8-17(9-11)13(19)16(3)4/h11,20H,5-10H2,1-4H3,(H,15,18). The zero-order chi connectivity index (χ0) is 15.3. The second-order valence-corrected chi connectivity index (χ2v) is 6.03. The molecule has 1 saturated heterocycles. The third-order valence-electron chi connectivity index (χ3n) is 3.85. The number of hydrogen-bond acceptors (Lipinski definition) is 3. The average molecular weight is 285 g/mol. The average Bonchev–Trinajstić information content (AvgIpc) is 2.44. The van der Waals surface area contributed by atoms with Crippen molar-refractivity contribution in [1.82, 2.24) is 15.1 Å². The Balaban J connectivity index is 2.50. The summed E-state index contributed by atoms with van der Waals surface area (Å²) in [4.78, 5) is 27.3. The van der Waals surface area contributed by atoms with E-state index >= 15 is 0 Å². The van der Waals surface area contributed by atoms with Crippen molar-refractivity contribution in [3.05, 3.63) is 0 Å². The molecule has 0 aliphatic carbocycles. The van der Waals surface area contributed by atoms with Gasteiger partial charge in [0, 0.05) is 33.7 Å². The highest BCUT2D eigenvalue weighted by molar-refractivity contribution is 5.80. The molecular weight excluding hydrogens is 258 g/mol. The molecule has 0 spiro atoms. The Morgan fingerprint density at radius 1 is 1.45 bits per heavy atom. The first kappa shape index (κ1) is 16.8. The minimum Gasteiger partial charge on any atom is -0.388 e. The molecule has 0 bridgehead atoms. The van der Waals surface area contributed by atoms with Gasteiger partial charge in [0.25, 0.3) is 0 Å². The molecule has 0 saturated carbocycles. The molecule has 1 fully saturated rings. The molecule has 0 radical (unpaired) electrons. The molecule has 2 N–H and O–H groups in total. The summed E-state index contributed by atoms with van der Waals surface area (Å²) in [6.45, 7) is 4.99. The van der Waals surface area contributed by atoms with Crippen molar-refractivity contribution in [1.29, 1.82) is 0 Å². The zero-order valence-electron chi connectivity index (χ0n) is 13.0. The Morgan fingerprint density at radius 3 is 2.65 bits per heavy atom. The molecule has 0 aromatic carbocycles. The van der Waals surface area contributed by atoms with Gasteiger partial charge in [-0.25, -0.2) is 4.79 Å². The van der Waals surface area contributed by atoms with Crippen LogP contribution in [0.1, 0.15) is 33.1 Å². The molecule has 3 amide bonds. The van der Waals surface area contributed by atoms with Crippen LogP contribution in [0.2, 0.25) is 0 Å². The van der Waals surface area contributed by atoms with Gasteiger partial charge < -0.3 is 20.2 Å². The van der Waals surface area contributed by atoms with Crippen LogP contribution < -0.4 is 5.32 Å². The third-order valence-corrected chi connectivity index (χ3v) is 3.85. The van der Waals surface area contributed by atoms with Crippen LogP contribution in [0, 0.1) is 5.92 Å². The quantitative estimate of drug-likeness (QED) is 0.797. The lowest BCUT2D eigenvalue weighted by atomic mass is 9.96. The summed E-state index contributed by atoms with van der Waals surface area (Å²) >= 11 is 0. The highest BCUT2D eigenvalue weighted by Gasteiger charge is 2.30. The Kier molecular flexibility index (Phi) is 5.80. The predicted molar refractivity (Wildman–Crippen MR) is 77.3 cm³/mol. The van der Waals surface area contributed by atoms with Gasteiger partial charge >= 0.3 is 6.03 Å². The molecule has 1 aliphatic rings. The number of rotatable bonds is 4. The Labute approximate surface area is 121 Å². The second-order valence-electron chi connectivity index (χ2n) is 6.03. The number of nitrogens with one attached hydrogen (secondary N) is 1. The summed E-state index contributed by atoms with van der Waals surface area (Å²) in [5, 5.41) is 12.7. The minimum atomic E-state index is -0.872. The van der Waals surface area contributed by atoms with Gasteiger partial charge in [-0.3, -0.25) is 4.79 Å². The van der Waals surface area contributed by atoms with Crippen LogP contribution in [0.3, 0.4) is 0 Å². The van der Waals surface area contributed by atoms with Crippen LogP contribution in [0.15, 0.2) is 0 Å². The van der Waals surface area contributed by atoms with E-state index in [1.165, 1.54) is 4.90 Å². The number of carbonyl (C=O) groups excluding carboxylic acids is 2. The van der Waals surface area contributed by atoms with E-state index in [1.54, 1.807) is 25.9 Å². The van der Waals surface area contributed by atoms with Crippen LogP contribution in [0.25, 0.3) is 0 Å². The molecule has 6 heteroatoms. The van der Waals surface area contributed by atoms with Crippen LogP contribution in [0.5, 0.6) is 0 Å². The van der Waals surface area contributed by atoms with Crippen molar-refractivity contribution in [2.45, 2.75) is 38.7 Å². The van der Waals surface area contributed by atoms with E-state index in [0.717, 1.165) is 12.8 Å². The summed E-state index contributed by atoms with van der Waals surface area (Å²) in [6.07, 6.45) is 2.21. The van der Waals surface area contributed by atoms with Crippen molar-refractivity contribution in [2.75, 3.05) is 33.7 Å². The van der Waals surface area contributed by atoms with Gasteiger partial charge in [0.15, 0.2) is 0 Å². The monoisotopic (exact) mass is 285 g/mol. The Hall–Kier alpha value is -1.30. The van der Waals surface area contributed by atoms with Gasteiger partial charge in [0.1, 0.15) is 0 Å². The van der Waals surface area contributed by atoms with E-state index in [2.05, 4.69) is 5.32 Å². The fourth-order valence-corrected chi connectivity index (χ4v) is 2.19. The normalized spacial score (nSPS) is 22.1. The number of hydrogen-bond donors (Lipinski definition) is 2. The highest BCUT2D eigenvalue weighted by Crippen LogP contribution is 2.18. The molecular formula is C14H27N3O3. The molecule has 1 rings (SSSR count). The molecule has 1 heterocycles. The predicted octanol–water partition coefficient (Wildman–Crippen LogP) is 0.657. The van der Waals surface area contributed by atoms with E-state index in [-0.39, 0.29) is 24.4 Å². The SMILES string of the molecule is CCC(C)(O)CNC(=O)C1CCCN(C(=O)N(C)C)C1. The van der Waals surface area contributed by atoms with E-state index in [9.17, 15) is 14.7 Å². The first-order valence-corrected chi connectivity index (χ1v) is 7.23. The largest absolute Gasteiger partial charge is 0.388 e. The first-order valence-electron chi connectivity index (χ1n) is 7.23. The van der Waals surface area contributed by atoms with Crippen molar-refractivity contribution >= 4 is 11.9 Å².